The van der Waals surface area contributed by atoms with Crippen LogP contribution in [0.15, 0.2) is 12.7 Å². The van der Waals surface area contributed by atoms with Gasteiger partial charge in [0.15, 0.2) is 5.79 Å². The molecule has 1 fully saturated rings. The first kappa shape index (κ1) is 8.71. The maximum Gasteiger partial charge on any atom is 0.186 e. The van der Waals surface area contributed by atoms with E-state index in [4.69, 9.17) is 9.47 Å². The third-order valence-electron chi connectivity index (χ3n) is 1.60. The van der Waals surface area contributed by atoms with E-state index in [-0.39, 0.29) is 12.7 Å². The lowest BCUT2D eigenvalue weighted by atomic mass is 10.2. The lowest BCUT2D eigenvalue weighted by Crippen LogP contribution is -2.44. The molecule has 0 bridgehead atoms. The van der Waals surface area contributed by atoms with Gasteiger partial charge >= 0.3 is 0 Å². The zero-order valence-electron chi connectivity index (χ0n) is 6.75. The molecule has 0 aromatic rings. The minimum Gasteiger partial charge on any atom is -0.370 e. The van der Waals surface area contributed by atoms with E-state index >= 15 is 0 Å². The zero-order chi connectivity index (χ0) is 8.32. The highest BCUT2D eigenvalue weighted by atomic mass is 16.7. The van der Waals surface area contributed by atoms with E-state index < -0.39 is 5.79 Å². The molecule has 3 heteroatoms. The number of hydrogen-bond donors (Lipinski definition) is 1. The van der Waals surface area contributed by atoms with Gasteiger partial charge in [0.05, 0.1) is 12.7 Å². The fourth-order valence-corrected chi connectivity index (χ4v) is 0.957. The summed E-state index contributed by atoms with van der Waals surface area (Å²) in [7, 11) is 0. The van der Waals surface area contributed by atoms with Gasteiger partial charge < -0.3 is 14.6 Å². The van der Waals surface area contributed by atoms with Crippen molar-refractivity contribution in [2.45, 2.75) is 25.2 Å². The first-order chi connectivity index (χ1) is 5.14. The van der Waals surface area contributed by atoms with Crippen LogP contribution in [0.3, 0.4) is 0 Å². The Hall–Kier alpha value is -0.380. The summed E-state index contributed by atoms with van der Waals surface area (Å²) in [6.07, 6.45) is 2.62. The Morgan fingerprint density at radius 2 is 2.55 bits per heavy atom. The minimum atomic E-state index is -1.10. The van der Waals surface area contributed by atoms with Crippen LogP contribution < -0.4 is 0 Å². The normalized spacial score (nSPS) is 38.5. The highest BCUT2D eigenvalue weighted by Crippen LogP contribution is 2.16. The Morgan fingerprint density at radius 1 is 1.82 bits per heavy atom. The zero-order valence-corrected chi connectivity index (χ0v) is 6.75. The molecule has 0 amide bonds. The van der Waals surface area contributed by atoms with Gasteiger partial charge in [0, 0.05) is 0 Å². The van der Waals surface area contributed by atoms with E-state index in [1.807, 2.05) is 0 Å². The Bertz CT molecular complexity index is 132. The van der Waals surface area contributed by atoms with Gasteiger partial charge in [-0.3, -0.25) is 0 Å². The van der Waals surface area contributed by atoms with E-state index in [1.165, 1.54) is 0 Å². The van der Waals surface area contributed by atoms with Crippen molar-refractivity contribution in [2.75, 3.05) is 13.2 Å². The molecule has 64 valence electrons. The van der Waals surface area contributed by atoms with Crippen LogP contribution in [0.2, 0.25) is 0 Å². The molecular weight excluding hydrogens is 144 g/mol. The van der Waals surface area contributed by atoms with Crippen molar-refractivity contribution in [1.29, 1.82) is 0 Å². The number of hydrogen-bond acceptors (Lipinski definition) is 3. The molecule has 2 unspecified atom stereocenters. The predicted molar refractivity (Wildman–Crippen MR) is 41.1 cm³/mol. The summed E-state index contributed by atoms with van der Waals surface area (Å²) in [6.45, 7) is 5.87. The SMILES string of the molecule is C=CCC1COC(C)(O)CO1. The third kappa shape index (κ3) is 2.61. The van der Waals surface area contributed by atoms with Crippen LogP contribution in [0.4, 0.5) is 0 Å². The number of aliphatic hydroxyl groups is 1. The van der Waals surface area contributed by atoms with Crippen molar-refractivity contribution in [3.63, 3.8) is 0 Å². The second-order valence-electron chi connectivity index (χ2n) is 2.94. The van der Waals surface area contributed by atoms with Gasteiger partial charge in [-0.25, -0.2) is 0 Å². The van der Waals surface area contributed by atoms with Gasteiger partial charge in [-0.1, -0.05) is 6.08 Å². The average molecular weight is 158 g/mol. The molecule has 1 saturated heterocycles. The van der Waals surface area contributed by atoms with Crippen LogP contribution in [-0.2, 0) is 9.47 Å². The smallest absolute Gasteiger partial charge is 0.186 e. The predicted octanol–water partition coefficient (Wildman–Crippen LogP) is 0.686. The summed E-state index contributed by atoms with van der Waals surface area (Å²) < 4.78 is 10.4. The van der Waals surface area contributed by atoms with Crippen LogP contribution in [0.25, 0.3) is 0 Å². The molecule has 1 N–H and O–H groups in total. The topological polar surface area (TPSA) is 38.7 Å². The van der Waals surface area contributed by atoms with Crippen molar-refractivity contribution in [3.05, 3.63) is 12.7 Å². The summed E-state index contributed by atoms with van der Waals surface area (Å²) in [5.74, 6) is -1.10. The lowest BCUT2D eigenvalue weighted by molar-refractivity contribution is -0.277. The second-order valence-corrected chi connectivity index (χ2v) is 2.94. The summed E-state index contributed by atoms with van der Waals surface area (Å²) in [5.41, 5.74) is 0. The quantitative estimate of drug-likeness (QED) is 0.601. The molecule has 0 spiro atoms. The highest BCUT2D eigenvalue weighted by molar-refractivity contribution is 4.77. The number of ether oxygens (including phenoxy) is 2. The third-order valence-corrected chi connectivity index (χ3v) is 1.60. The van der Waals surface area contributed by atoms with Gasteiger partial charge in [-0.15, -0.1) is 6.58 Å². The molecule has 0 radical (unpaired) electrons. The van der Waals surface area contributed by atoms with Gasteiger partial charge in [-0.2, -0.15) is 0 Å². The molecule has 1 aliphatic rings. The van der Waals surface area contributed by atoms with E-state index in [1.54, 1.807) is 13.0 Å². The van der Waals surface area contributed by atoms with E-state index in [0.717, 1.165) is 6.42 Å². The van der Waals surface area contributed by atoms with Gasteiger partial charge in [-0.05, 0) is 13.3 Å². The van der Waals surface area contributed by atoms with Crippen molar-refractivity contribution in [2.24, 2.45) is 0 Å². The Labute approximate surface area is 66.6 Å². The molecule has 11 heavy (non-hydrogen) atoms. The molecule has 1 aliphatic heterocycles. The molecule has 0 aromatic heterocycles. The summed E-state index contributed by atoms with van der Waals surface area (Å²) in [5, 5.41) is 9.29. The molecular formula is C8H14O3. The van der Waals surface area contributed by atoms with Crippen molar-refractivity contribution >= 4 is 0 Å². The summed E-state index contributed by atoms with van der Waals surface area (Å²) >= 11 is 0. The fraction of sp³-hybridized carbons (Fsp3) is 0.750. The average Bonchev–Trinajstić information content (AvgIpc) is 1.94. The summed E-state index contributed by atoms with van der Waals surface area (Å²) in [6, 6.07) is 0. The van der Waals surface area contributed by atoms with Gasteiger partial charge in [0.25, 0.3) is 0 Å². The standard InChI is InChI=1S/C8H14O3/c1-3-4-7-5-11-8(2,9)6-10-7/h3,7,9H,1,4-6H2,2H3. The van der Waals surface area contributed by atoms with Crippen LogP contribution in [0.1, 0.15) is 13.3 Å². The van der Waals surface area contributed by atoms with E-state index in [0.29, 0.717) is 6.61 Å². The van der Waals surface area contributed by atoms with Crippen LogP contribution in [0.5, 0.6) is 0 Å². The molecule has 0 aliphatic carbocycles. The fourth-order valence-electron chi connectivity index (χ4n) is 0.957. The van der Waals surface area contributed by atoms with Crippen molar-refractivity contribution < 1.29 is 14.6 Å². The maximum absolute atomic E-state index is 9.29. The first-order valence-corrected chi connectivity index (χ1v) is 3.73. The summed E-state index contributed by atoms with van der Waals surface area (Å²) in [4.78, 5) is 0. The van der Waals surface area contributed by atoms with Crippen molar-refractivity contribution in [3.8, 4) is 0 Å². The maximum atomic E-state index is 9.29. The second kappa shape index (κ2) is 3.34. The highest BCUT2D eigenvalue weighted by Gasteiger charge is 2.29. The van der Waals surface area contributed by atoms with E-state index in [2.05, 4.69) is 6.58 Å². The largest absolute Gasteiger partial charge is 0.370 e. The minimum absolute atomic E-state index is 0.0627. The van der Waals surface area contributed by atoms with Crippen LogP contribution in [0, 0.1) is 0 Å². The Kier molecular flexibility index (Phi) is 2.65. The van der Waals surface area contributed by atoms with Gasteiger partial charge in [0.2, 0.25) is 0 Å². The molecule has 1 heterocycles. The Morgan fingerprint density at radius 3 is 3.00 bits per heavy atom. The monoisotopic (exact) mass is 158 g/mol. The number of rotatable bonds is 2. The van der Waals surface area contributed by atoms with Crippen molar-refractivity contribution in [1.82, 2.24) is 0 Å². The van der Waals surface area contributed by atoms with Gasteiger partial charge in [0.1, 0.15) is 6.61 Å². The molecule has 3 nitrogen and oxygen atoms in total. The Balaban J connectivity index is 2.30. The van der Waals surface area contributed by atoms with Crippen LogP contribution in [-0.4, -0.2) is 30.2 Å². The first-order valence-electron chi connectivity index (χ1n) is 3.73. The molecule has 0 aromatic carbocycles. The molecule has 0 saturated carbocycles. The molecule has 1 rings (SSSR count). The molecule has 2 atom stereocenters. The lowest BCUT2D eigenvalue weighted by Gasteiger charge is -2.33. The van der Waals surface area contributed by atoms with Crippen LogP contribution >= 0.6 is 0 Å². The van der Waals surface area contributed by atoms with E-state index in [9.17, 15) is 5.11 Å².